The minimum absolute atomic E-state index is 0.553. The van der Waals surface area contributed by atoms with Crippen LogP contribution in [0, 0.1) is 5.92 Å². The summed E-state index contributed by atoms with van der Waals surface area (Å²) in [5, 5.41) is 0. The van der Waals surface area contributed by atoms with Crippen LogP contribution < -0.4 is 5.73 Å². The number of hydrogen-bond acceptors (Lipinski definition) is 2. The zero-order chi connectivity index (χ0) is 10.6. The van der Waals surface area contributed by atoms with Crippen LogP contribution in [-0.2, 0) is 0 Å². The Kier molecular flexibility index (Phi) is 4.82. The minimum Gasteiger partial charge on any atom is -0.392 e. The van der Waals surface area contributed by atoms with Gasteiger partial charge in [-0.15, -0.1) is 0 Å². The van der Waals surface area contributed by atoms with Gasteiger partial charge in [-0.1, -0.05) is 25.1 Å². The average Bonchev–Trinajstić information content (AvgIpc) is 2.54. The van der Waals surface area contributed by atoms with E-state index < -0.39 is 0 Å². The van der Waals surface area contributed by atoms with Crippen molar-refractivity contribution in [1.29, 1.82) is 0 Å². The summed E-state index contributed by atoms with van der Waals surface area (Å²) in [6, 6.07) is 0.553. The molecule has 2 nitrogen and oxygen atoms in total. The summed E-state index contributed by atoms with van der Waals surface area (Å²) in [4.78, 5) is 3.02. The van der Waals surface area contributed by atoms with Gasteiger partial charge in [-0.05, 0) is 32.6 Å². The predicted molar refractivity (Wildman–Crippen MR) is 65.5 cm³/mol. The molecule has 1 aliphatic rings. The van der Waals surface area contributed by atoms with Crippen LogP contribution in [0.4, 0.5) is 0 Å². The Morgan fingerprint density at radius 1 is 1.43 bits per heavy atom. The van der Waals surface area contributed by atoms with Crippen LogP contribution in [0.2, 0.25) is 0 Å². The van der Waals surface area contributed by atoms with Crippen LogP contribution in [0.25, 0.3) is 0 Å². The van der Waals surface area contributed by atoms with E-state index in [-0.39, 0.29) is 0 Å². The molecule has 1 fully saturated rings. The fourth-order valence-electron chi connectivity index (χ4n) is 2.18. The zero-order valence-corrected chi connectivity index (χ0v) is 10.1. The summed E-state index contributed by atoms with van der Waals surface area (Å²) < 4.78 is 0. The van der Waals surface area contributed by atoms with Crippen LogP contribution in [-0.4, -0.2) is 29.0 Å². The van der Waals surface area contributed by atoms with Gasteiger partial charge in [-0.3, -0.25) is 4.90 Å². The van der Waals surface area contributed by atoms with Gasteiger partial charge in [0.2, 0.25) is 0 Å². The molecule has 82 valence electrons. The molecule has 0 radical (unpaired) electrons. The minimum atomic E-state index is 0.553. The highest BCUT2D eigenvalue weighted by atomic mass is 32.1. The van der Waals surface area contributed by atoms with E-state index in [1.807, 2.05) is 0 Å². The second-order valence-corrected chi connectivity index (χ2v) is 5.16. The highest BCUT2D eigenvalue weighted by Crippen LogP contribution is 2.25. The smallest absolute Gasteiger partial charge is 0.0870 e. The van der Waals surface area contributed by atoms with Crippen LogP contribution in [0.5, 0.6) is 0 Å². The van der Waals surface area contributed by atoms with Crippen LogP contribution in [0.1, 0.15) is 39.5 Å². The average molecular weight is 214 g/mol. The van der Waals surface area contributed by atoms with E-state index in [0.717, 1.165) is 12.5 Å². The van der Waals surface area contributed by atoms with Gasteiger partial charge in [-0.25, -0.2) is 0 Å². The Labute approximate surface area is 92.8 Å². The van der Waals surface area contributed by atoms with Crippen molar-refractivity contribution in [3.05, 3.63) is 0 Å². The highest BCUT2D eigenvalue weighted by molar-refractivity contribution is 7.80. The molecule has 0 aromatic heterocycles. The van der Waals surface area contributed by atoms with Crippen molar-refractivity contribution in [3.8, 4) is 0 Å². The van der Waals surface area contributed by atoms with Gasteiger partial charge >= 0.3 is 0 Å². The zero-order valence-electron chi connectivity index (χ0n) is 9.33. The molecule has 14 heavy (non-hydrogen) atoms. The molecule has 0 saturated heterocycles. The summed E-state index contributed by atoms with van der Waals surface area (Å²) in [7, 11) is 0. The topological polar surface area (TPSA) is 29.3 Å². The molecule has 0 unspecified atom stereocenters. The van der Waals surface area contributed by atoms with Gasteiger partial charge < -0.3 is 5.73 Å². The lowest BCUT2D eigenvalue weighted by molar-refractivity contribution is 0.215. The SMILES string of the molecule is CC(C)N(CC(N)=S)CC1CCCC1. The molecule has 0 bridgehead atoms. The van der Waals surface area contributed by atoms with E-state index in [4.69, 9.17) is 18.0 Å². The van der Waals surface area contributed by atoms with E-state index in [0.29, 0.717) is 11.0 Å². The lowest BCUT2D eigenvalue weighted by Gasteiger charge is -2.28. The summed E-state index contributed by atoms with van der Waals surface area (Å²) in [5.41, 5.74) is 5.60. The number of hydrogen-bond donors (Lipinski definition) is 1. The summed E-state index contributed by atoms with van der Waals surface area (Å²) in [6.07, 6.45) is 5.59. The van der Waals surface area contributed by atoms with E-state index >= 15 is 0 Å². The first-order chi connectivity index (χ1) is 6.59. The summed E-state index contributed by atoms with van der Waals surface area (Å²) in [6.45, 7) is 6.39. The molecule has 0 aromatic rings. The first kappa shape index (κ1) is 11.9. The molecule has 1 aliphatic carbocycles. The number of rotatable bonds is 5. The Bertz CT molecular complexity index is 186. The first-order valence-electron chi connectivity index (χ1n) is 5.62. The van der Waals surface area contributed by atoms with Crippen LogP contribution in [0.3, 0.4) is 0 Å². The molecule has 3 heteroatoms. The van der Waals surface area contributed by atoms with Gasteiger partial charge in [0.05, 0.1) is 4.99 Å². The molecule has 0 heterocycles. The second-order valence-electron chi connectivity index (χ2n) is 4.64. The Morgan fingerprint density at radius 2 is 2.00 bits per heavy atom. The molecule has 0 spiro atoms. The van der Waals surface area contributed by atoms with Gasteiger partial charge in [0.1, 0.15) is 0 Å². The van der Waals surface area contributed by atoms with Gasteiger partial charge in [0.25, 0.3) is 0 Å². The van der Waals surface area contributed by atoms with Crippen molar-refractivity contribution in [1.82, 2.24) is 4.90 Å². The maximum Gasteiger partial charge on any atom is 0.0870 e. The molecular weight excluding hydrogens is 192 g/mol. The lowest BCUT2D eigenvalue weighted by atomic mass is 10.1. The van der Waals surface area contributed by atoms with Crippen LogP contribution >= 0.6 is 12.2 Å². The normalized spacial score (nSPS) is 18.3. The van der Waals surface area contributed by atoms with Crippen molar-refractivity contribution in [3.63, 3.8) is 0 Å². The van der Waals surface area contributed by atoms with Crippen molar-refractivity contribution < 1.29 is 0 Å². The second kappa shape index (κ2) is 5.66. The van der Waals surface area contributed by atoms with Crippen molar-refractivity contribution in [2.24, 2.45) is 11.7 Å². The maximum atomic E-state index is 5.60. The third kappa shape index (κ3) is 3.93. The molecule has 0 aromatic carbocycles. The standard InChI is InChI=1S/C11H22N2S/c1-9(2)13(8-11(12)14)7-10-5-3-4-6-10/h9-10H,3-8H2,1-2H3,(H2,12,14). The van der Waals surface area contributed by atoms with E-state index in [1.54, 1.807) is 0 Å². The van der Waals surface area contributed by atoms with Gasteiger partial charge in [0, 0.05) is 19.1 Å². The molecular formula is C11H22N2S. The first-order valence-corrected chi connectivity index (χ1v) is 6.02. The van der Waals surface area contributed by atoms with Gasteiger partial charge in [-0.2, -0.15) is 0 Å². The fraction of sp³-hybridized carbons (Fsp3) is 0.909. The molecule has 0 atom stereocenters. The molecule has 1 rings (SSSR count). The van der Waals surface area contributed by atoms with E-state index in [9.17, 15) is 0 Å². The summed E-state index contributed by atoms with van der Waals surface area (Å²) >= 11 is 4.97. The van der Waals surface area contributed by atoms with Crippen molar-refractivity contribution in [2.75, 3.05) is 13.1 Å². The predicted octanol–water partition coefficient (Wildman–Crippen LogP) is 2.17. The highest BCUT2D eigenvalue weighted by Gasteiger charge is 2.20. The number of nitrogens with two attached hydrogens (primary N) is 1. The monoisotopic (exact) mass is 214 g/mol. The third-order valence-electron chi connectivity index (χ3n) is 3.06. The Morgan fingerprint density at radius 3 is 2.43 bits per heavy atom. The van der Waals surface area contributed by atoms with E-state index in [1.165, 1.54) is 32.2 Å². The maximum absolute atomic E-state index is 5.60. The van der Waals surface area contributed by atoms with E-state index in [2.05, 4.69) is 18.7 Å². The Balaban J connectivity index is 2.37. The Hall–Kier alpha value is -0.150. The fourth-order valence-corrected chi connectivity index (χ4v) is 2.35. The quantitative estimate of drug-likeness (QED) is 0.711. The molecule has 1 saturated carbocycles. The largest absolute Gasteiger partial charge is 0.392 e. The number of nitrogens with zero attached hydrogens (tertiary/aromatic N) is 1. The molecule has 0 aliphatic heterocycles. The lowest BCUT2D eigenvalue weighted by Crippen LogP contribution is -2.40. The summed E-state index contributed by atoms with van der Waals surface area (Å²) in [5.74, 6) is 0.881. The molecule has 2 N–H and O–H groups in total. The molecule has 0 amide bonds. The number of thiocarbonyl (C=S) groups is 1. The van der Waals surface area contributed by atoms with Crippen molar-refractivity contribution >= 4 is 17.2 Å². The van der Waals surface area contributed by atoms with Gasteiger partial charge in [0.15, 0.2) is 0 Å². The van der Waals surface area contributed by atoms with Crippen molar-refractivity contribution in [2.45, 2.75) is 45.6 Å². The van der Waals surface area contributed by atoms with Crippen LogP contribution in [0.15, 0.2) is 0 Å². The third-order valence-corrected chi connectivity index (χ3v) is 3.19.